The number of benzene rings is 1. The van der Waals surface area contributed by atoms with Crippen molar-refractivity contribution >= 4 is 0 Å². The lowest BCUT2D eigenvalue weighted by atomic mass is 9.91. The Morgan fingerprint density at radius 2 is 1.72 bits per heavy atom. The SMILES string of the molecule is CC(C)(O)CC(c1ccccc1)N1CCCCC1. The molecule has 0 radical (unpaired) electrons. The third-order valence-electron chi connectivity index (χ3n) is 3.71. The van der Waals surface area contributed by atoms with Crippen molar-refractivity contribution in [2.45, 2.75) is 51.2 Å². The molecule has 2 rings (SSSR count). The van der Waals surface area contributed by atoms with Crippen LogP contribution in [0.4, 0.5) is 0 Å². The van der Waals surface area contributed by atoms with Crippen molar-refractivity contribution in [2.24, 2.45) is 0 Å². The fraction of sp³-hybridized carbons (Fsp3) is 0.625. The van der Waals surface area contributed by atoms with Gasteiger partial charge in [0.1, 0.15) is 0 Å². The first-order valence-corrected chi connectivity index (χ1v) is 7.08. The predicted octanol–water partition coefficient (Wildman–Crippen LogP) is 3.37. The number of hydrogen-bond acceptors (Lipinski definition) is 2. The summed E-state index contributed by atoms with van der Waals surface area (Å²) in [5.74, 6) is 0. The zero-order valence-corrected chi connectivity index (χ0v) is 11.6. The minimum Gasteiger partial charge on any atom is -0.390 e. The maximum Gasteiger partial charge on any atom is 0.0610 e. The molecule has 1 aromatic carbocycles. The van der Waals surface area contributed by atoms with Gasteiger partial charge in [-0.05, 0) is 51.8 Å². The van der Waals surface area contributed by atoms with Crippen LogP contribution in [0.5, 0.6) is 0 Å². The van der Waals surface area contributed by atoms with E-state index in [1.54, 1.807) is 0 Å². The Kier molecular flexibility index (Phi) is 4.41. The Morgan fingerprint density at radius 1 is 1.11 bits per heavy atom. The third-order valence-corrected chi connectivity index (χ3v) is 3.71. The van der Waals surface area contributed by atoms with Gasteiger partial charge in [-0.1, -0.05) is 36.8 Å². The molecule has 0 bridgehead atoms. The van der Waals surface area contributed by atoms with E-state index in [1.807, 2.05) is 13.8 Å². The summed E-state index contributed by atoms with van der Waals surface area (Å²) >= 11 is 0. The Morgan fingerprint density at radius 3 is 2.28 bits per heavy atom. The average molecular weight is 247 g/mol. The molecule has 1 N–H and O–H groups in total. The number of rotatable bonds is 4. The van der Waals surface area contributed by atoms with E-state index in [-0.39, 0.29) is 0 Å². The van der Waals surface area contributed by atoms with Crippen LogP contribution < -0.4 is 0 Å². The summed E-state index contributed by atoms with van der Waals surface area (Å²) in [6.45, 7) is 6.14. The summed E-state index contributed by atoms with van der Waals surface area (Å²) < 4.78 is 0. The van der Waals surface area contributed by atoms with Gasteiger partial charge < -0.3 is 5.11 Å². The molecule has 1 aromatic rings. The van der Waals surface area contributed by atoms with Crippen LogP contribution in [0.3, 0.4) is 0 Å². The Labute approximate surface area is 111 Å². The molecule has 0 amide bonds. The molecule has 1 fully saturated rings. The normalized spacial score (nSPS) is 19.7. The summed E-state index contributed by atoms with van der Waals surface area (Å²) in [6.07, 6.45) is 4.72. The lowest BCUT2D eigenvalue weighted by molar-refractivity contribution is 0.0275. The Bertz CT molecular complexity index is 349. The maximum atomic E-state index is 10.2. The summed E-state index contributed by atoms with van der Waals surface area (Å²) in [4.78, 5) is 2.54. The van der Waals surface area contributed by atoms with Gasteiger partial charge in [-0.25, -0.2) is 0 Å². The average Bonchev–Trinajstić information content (AvgIpc) is 2.37. The fourth-order valence-corrected chi connectivity index (χ4v) is 2.84. The number of nitrogens with zero attached hydrogens (tertiary/aromatic N) is 1. The number of likely N-dealkylation sites (tertiary alicyclic amines) is 1. The van der Waals surface area contributed by atoms with Gasteiger partial charge in [0, 0.05) is 6.04 Å². The molecule has 18 heavy (non-hydrogen) atoms. The molecule has 1 atom stereocenters. The quantitative estimate of drug-likeness (QED) is 0.881. The standard InChI is InChI=1S/C16H25NO/c1-16(2,18)13-15(14-9-5-3-6-10-14)17-11-7-4-8-12-17/h3,5-6,9-10,15,18H,4,7-8,11-13H2,1-2H3. The van der Waals surface area contributed by atoms with E-state index in [0.29, 0.717) is 6.04 Å². The smallest absolute Gasteiger partial charge is 0.0610 e. The highest BCUT2D eigenvalue weighted by molar-refractivity contribution is 5.19. The van der Waals surface area contributed by atoms with E-state index in [9.17, 15) is 5.11 Å². The molecule has 2 heteroatoms. The summed E-state index contributed by atoms with van der Waals surface area (Å²) in [7, 11) is 0. The molecule has 1 aliphatic rings. The first-order valence-electron chi connectivity index (χ1n) is 7.08. The lowest BCUT2D eigenvalue weighted by Crippen LogP contribution is -2.37. The lowest BCUT2D eigenvalue weighted by Gasteiger charge is -2.37. The first-order chi connectivity index (χ1) is 8.56. The van der Waals surface area contributed by atoms with Crippen LogP contribution >= 0.6 is 0 Å². The first kappa shape index (κ1) is 13.6. The molecular formula is C16H25NO. The minimum absolute atomic E-state index is 0.353. The summed E-state index contributed by atoms with van der Waals surface area (Å²) in [6, 6.07) is 11.0. The van der Waals surface area contributed by atoms with Crippen molar-refractivity contribution in [1.82, 2.24) is 4.90 Å². The van der Waals surface area contributed by atoms with Crippen molar-refractivity contribution < 1.29 is 5.11 Å². The Hall–Kier alpha value is -0.860. The molecule has 1 heterocycles. The van der Waals surface area contributed by atoms with Crippen molar-refractivity contribution in [3.63, 3.8) is 0 Å². The van der Waals surface area contributed by atoms with Crippen molar-refractivity contribution in [3.05, 3.63) is 35.9 Å². The van der Waals surface area contributed by atoms with Gasteiger partial charge in [0.2, 0.25) is 0 Å². The number of hydrogen-bond donors (Lipinski definition) is 1. The van der Waals surface area contributed by atoms with Crippen LogP contribution in [0.15, 0.2) is 30.3 Å². The van der Waals surface area contributed by atoms with Gasteiger partial charge in [0.25, 0.3) is 0 Å². The number of aliphatic hydroxyl groups is 1. The van der Waals surface area contributed by atoms with Gasteiger partial charge in [-0.2, -0.15) is 0 Å². The van der Waals surface area contributed by atoms with Crippen molar-refractivity contribution in [3.8, 4) is 0 Å². The zero-order chi connectivity index (χ0) is 13.0. The van der Waals surface area contributed by atoms with E-state index in [4.69, 9.17) is 0 Å². The topological polar surface area (TPSA) is 23.5 Å². The molecular weight excluding hydrogens is 222 g/mol. The largest absolute Gasteiger partial charge is 0.390 e. The van der Waals surface area contributed by atoms with Gasteiger partial charge >= 0.3 is 0 Å². The van der Waals surface area contributed by atoms with Crippen LogP contribution in [0.1, 0.15) is 51.1 Å². The van der Waals surface area contributed by atoms with Crippen LogP contribution in [0, 0.1) is 0 Å². The van der Waals surface area contributed by atoms with E-state index in [1.165, 1.54) is 24.8 Å². The predicted molar refractivity (Wildman–Crippen MR) is 75.5 cm³/mol. The van der Waals surface area contributed by atoms with Gasteiger partial charge in [-0.15, -0.1) is 0 Å². The van der Waals surface area contributed by atoms with E-state index >= 15 is 0 Å². The van der Waals surface area contributed by atoms with Crippen LogP contribution in [0.2, 0.25) is 0 Å². The molecule has 0 aliphatic carbocycles. The van der Waals surface area contributed by atoms with Gasteiger partial charge in [0.15, 0.2) is 0 Å². The molecule has 0 aromatic heterocycles. The highest BCUT2D eigenvalue weighted by atomic mass is 16.3. The van der Waals surface area contributed by atoms with Crippen LogP contribution in [0.25, 0.3) is 0 Å². The minimum atomic E-state index is -0.613. The molecule has 0 saturated carbocycles. The zero-order valence-electron chi connectivity index (χ0n) is 11.6. The maximum absolute atomic E-state index is 10.2. The third kappa shape index (κ3) is 3.82. The van der Waals surface area contributed by atoms with E-state index < -0.39 is 5.60 Å². The van der Waals surface area contributed by atoms with E-state index in [0.717, 1.165) is 19.5 Å². The molecule has 2 nitrogen and oxygen atoms in total. The monoisotopic (exact) mass is 247 g/mol. The van der Waals surface area contributed by atoms with Crippen LogP contribution in [-0.4, -0.2) is 28.7 Å². The second kappa shape index (κ2) is 5.85. The highest BCUT2D eigenvalue weighted by Gasteiger charge is 2.27. The summed E-state index contributed by atoms with van der Waals surface area (Å²) in [5, 5.41) is 10.2. The highest BCUT2D eigenvalue weighted by Crippen LogP contribution is 2.31. The van der Waals surface area contributed by atoms with Crippen molar-refractivity contribution in [1.29, 1.82) is 0 Å². The molecule has 1 aliphatic heterocycles. The fourth-order valence-electron chi connectivity index (χ4n) is 2.84. The Balaban J connectivity index is 2.17. The van der Waals surface area contributed by atoms with Crippen molar-refractivity contribution in [2.75, 3.05) is 13.1 Å². The second-order valence-corrected chi connectivity index (χ2v) is 6.04. The molecule has 0 spiro atoms. The molecule has 100 valence electrons. The molecule has 1 saturated heterocycles. The van der Waals surface area contributed by atoms with Crippen LogP contribution in [-0.2, 0) is 0 Å². The molecule has 1 unspecified atom stereocenters. The van der Waals surface area contributed by atoms with Gasteiger partial charge in [-0.3, -0.25) is 4.90 Å². The van der Waals surface area contributed by atoms with Gasteiger partial charge in [0.05, 0.1) is 5.60 Å². The van der Waals surface area contributed by atoms with E-state index in [2.05, 4.69) is 35.2 Å². The number of piperidine rings is 1. The second-order valence-electron chi connectivity index (χ2n) is 6.04. The summed E-state index contributed by atoms with van der Waals surface area (Å²) in [5.41, 5.74) is 0.722.